The number of hydrogen-bond donors (Lipinski definition) is 2. The minimum Gasteiger partial charge on any atom is -0.437 e. The van der Waals surface area contributed by atoms with Crippen molar-refractivity contribution in [1.82, 2.24) is 0 Å². The number of esters is 1. The number of carbonyl (C=O) groups excluding carboxylic acids is 1. The molecule has 0 radical (unpaired) electrons. The van der Waals surface area contributed by atoms with Gasteiger partial charge in [-0.05, 0) is 30.6 Å². The summed E-state index contributed by atoms with van der Waals surface area (Å²) in [4.78, 5) is 12.3. The molecule has 0 bridgehead atoms. The Morgan fingerprint density at radius 3 is 2.39 bits per heavy atom. The number of thiophene rings is 1. The van der Waals surface area contributed by atoms with Gasteiger partial charge in [-0.25, -0.2) is 0 Å². The summed E-state index contributed by atoms with van der Waals surface area (Å²) in [6, 6.07) is 3.55. The van der Waals surface area contributed by atoms with Crippen LogP contribution < -0.4 is 4.78 Å². The van der Waals surface area contributed by atoms with Gasteiger partial charge < -0.3 is 19.2 Å². The Kier molecular flexibility index (Phi) is 7.03. The Labute approximate surface area is 143 Å². The summed E-state index contributed by atoms with van der Waals surface area (Å²) >= 11 is 1.34. The van der Waals surface area contributed by atoms with E-state index in [1.807, 2.05) is 6.07 Å². The van der Waals surface area contributed by atoms with E-state index in [-0.39, 0.29) is 11.0 Å². The van der Waals surface area contributed by atoms with Crippen molar-refractivity contribution in [1.29, 1.82) is 0 Å². The smallest absolute Gasteiger partial charge is 0.437 e. The first-order valence-corrected chi connectivity index (χ1v) is 11.4. The SMILES string of the molecule is CC(=O)OC(CCc1ccc(B(O)O)s1)O[Si](C)(C)C(C)(C)C. The second-order valence-electron chi connectivity index (χ2n) is 7.13. The average molecular weight is 358 g/mol. The maximum atomic E-state index is 11.3. The Morgan fingerprint density at radius 1 is 1.35 bits per heavy atom. The first-order valence-electron chi connectivity index (χ1n) is 7.72. The molecule has 0 aliphatic rings. The fraction of sp³-hybridized carbons (Fsp3) is 0.667. The molecule has 1 heterocycles. The van der Waals surface area contributed by atoms with Crippen LogP contribution in [0.5, 0.6) is 0 Å². The van der Waals surface area contributed by atoms with Crippen molar-refractivity contribution in [2.24, 2.45) is 0 Å². The molecular weight excluding hydrogens is 331 g/mol. The van der Waals surface area contributed by atoms with Crippen molar-refractivity contribution in [2.45, 2.75) is 65.0 Å². The van der Waals surface area contributed by atoms with Gasteiger partial charge in [-0.3, -0.25) is 4.79 Å². The molecule has 1 atom stereocenters. The van der Waals surface area contributed by atoms with Crippen molar-refractivity contribution < 1.29 is 24.0 Å². The topological polar surface area (TPSA) is 76.0 Å². The third kappa shape index (κ3) is 6.39. The molecule has 1 rings (SSSR count). The van der Waals surface area contributed by atoms with E-state index in [2.05, 4.69) is 33.9 Å². The fourth-order valence-electron chi connectivity index (χ4n) is 1.76. The molecule has 0 fully saturated rings. The number of ether oxygens (including phenoxy) is 1. The van der Waals surface area contributed by atoms with Crippen LogP contribution in [0.3, 0.4) is 0 Å². The van der Waals surface area contributed by atoms with Crippen LogP contribution in [0.2, 0.25) is 18.1 Å². The quantitative estimate of drug-likeness (QED) is 0.444. The van der Waals surface area contributed by atoms with Crippen LogP contribution in [0.4, 0.5) is 0 Å². The molecule has 0 aliphatic carbocycles. The molecule has 0 amide bonds. The third-order valence-corrected chi connectivity index (χ3v) is 9.74. The zero-order valence-electron chi connectivity index (χ0n) is 14.8. The predicted octanol–water partition coefficient (Wildman–Crippen LogP) is 2.27. The van der Waals surface area contributed by atoms with Gasteiger partial charge in [-0.1, -0.05) is 26.8 Å². The van der Waals surface area contributed by atoms with Crippen molar-refractivity contribution in [3.05, 3.63) is 17.0 Å². The Balaban J connectivity index is 2.72. The second-order valence-corrected chi connectivity index (χ2v) is 13.1. The van der Waals surface area contributed by atoms with E-state index in [4.69, 9.17) is 19.2 Å². The molecule has 8 heteroatoms. The van der Waals surface area contributed by atoms with Crippen LogP contribution in [0.15, 0.2) is 12.1 Å². The van der Waals surface area contributed by atoms with Gasteiger partial charge >= 0.3 is 13.1 Å². The number of aryl methyl sites for hydroxylation is 1. The summed E-state index contributed by atoms with van der Waals surface area (Å²) in [6.07, 6.45) is 0.635. The van der Waals surface area contributed by atoms with E-state index >= 15 is 0 Å². The minimum atomic E-state index is -2.04. The largest absolute Gasteiger partial charge is 0.499 e. The lowest BCUT2D eigenvalue weighted by atomic mass is 9.90. The molecule has 23 heavy (non-hydrogen) atoms. The van der Waals surface area contributed by atoms with Crippen molar-refractivity contribution >= 4 is 37.5 Å². The summed E-state index contributed by atoms with van der Waals surface area (Å²) in [5.74, 6) is -0.355. The van der Waals surface area contributed by atoms with E-state index < -0.39 is 21.7 Å². The lowest BCUT2D eigenvalue weighted by molar-refractivity contribution is -0.163. The van der Waals surface area contributed by atoms with Crippen molar-refractivity contribution in [2.75, 3.05) is 0 Å². The van der Waals surface area contributed by atoms with Crippen LogP contribution in [-0.2, 0) is 20.4 Å². The fourth-order valence-corrected chi connectivity index (χ4v) is 3.84. The van der Waals surface area contributed by atoms with Crippen LogP contribution in [0.25, 0.3) is 0 Å². The third-order valence-electron chi connectivity index (χ3n) is 4.09. The highest BCUT2D eigenvalue weighted by Gasteiger charge is 2.39. The minimum absolute atomic E-state index is 0.0303. The molecule has 1 aromatic rings. The van der Waals surface area contributed by atoms with Crippen LogP contribution >= 0.6 is 11.3 Å². The first kappa shape index (κ1) is 20.4. The Hall–Kier alpha value is -0.668. The highest BCUT2D eigenvalue weighted by molar-refractivity contribution is 7.22. The summed E-state index contributed by atoms with van der Waals surface area (Å²) in [5.41, 5.74) is 0. The molecule has 0 aromatic carbocycles. The highest BCUT2D eigenvalue weighted by Crippen LogP contribution is 2.37. The zero-order valence-corrected chi connectivity index (χ0v) is 16.6. The van der Waals surface area contributed by atoms with Gasteiger partial charge in [0.15, 0.2) is 14.6 Å². The van der Waals surface area contributed by atoms with Crippen LogP contribution in [0, 0.1) is 0 Å². The van der Waals surface area contributed by atoms with Gasteiger partial charge in [0.1, 0.15) is 0 Å². The number of rotatable bonds is 7. The van der Waals surface area contributed by atoms with Gasteiger partial charge in [0.05, 0.1) is 0 Å². The van der Waals surface area contributed by atoms with E-state index in [9.17, 15) is 4.79 Å². The molecule has 0 saturated heterocycles. The van der Waals surface area contributed by atoms with Crippen LogP contribution in [-0.4, -0.2) is 37.7 Å². The summed E-state index contributed by atoms with van der Waals surface area (Å²) in [5, 5.41) is 18.3. The highest BCUT2D eigenvalue weighted by atomic mass is 32.1. The van der Waals surface area contributed by atoms with Gasteiger partial charge in [0, 0.05) is 23.0 Å². The molecule has 1 unspecified atom stereocenters. The van der Waals surface area contributed by atoms with E-state index in [0.29, 0.717) is 17.6 Å². The molecule has 5 nitrogen and oxygen atoms in total. The Bertz CT molecular complexity index is 524. The summed E-state index contributed by atoms with van der Waals surface area (Å²) in [7, 11) is -3.48. The lowest BCUT2D eigenvalue weighted by Gasteiger charge is -2.38. The monoisotopic (exact) mass is 358 g/mol. The van der Waals surface area contributed by atoms with Crippen molar-refractivity contribution in [3.63, 3.8) is 0 Å². The molecule has 130 valence electrons. The van der Waals surface area contributed by atoms with Gasteiger partial charge in [0.2, 0.25) is 0 Å². The van der Waals surface area contributed by atoms with E-state index in [1.54, 1.807) is 6.07 Å². The van der Waals surface area contributed by atoms with Gasteiger partial charge in [0.25, 0.3) is 0 Å². The number of hydrogen-bond acceptors (Lipinski definition) is 6. The maximum absolute atomic E-state index is 11.3. The second kappa shape index (κ2) is 7.94. The average Bonchev–Trinajstić information content (AvgIpc) is 2.82. The van der Waals surface area contributed by atoms with Crippen LogP contribution in [0.1, 0.15) is 39.0 Å². The Morgan fingerprint density at radius 2 is 1.96 bits per heavy atom. The lowest BCUT2D eigenvalue weighted by Crippen LogP contribution is -2.45. The molecule has 0 aliphatic heterocycles. The summed E-state index contributed by atoms with van der Waals surface area (Å²) in [6.45, 7) is 12.0. The van der Waals surface area contributed by atoms with E-state index in [1.165, 1.54) is 18.3 Å². The molecule has 2 N–H and O–H groups in total. The standard InChI is InChI=1S/C15H27BO5SSi/c1-11(17)20-14(21-23(5,6)15(2,3)4)10-8-12-7-9-13(22-12)16(18)19/h7,9,14,18-19H,8,10H2,1-6H3. The molecule has 1 aromatic heterocycles. The summed E-state index contributed by atoms with van der Waals surface area (Å²) < 4.78 is 12.0. The van der Waals surface area contributed by atoms with E-state index in [0.717, 1.165) is 4.88 Å². The first-order chi connectivity index (χ1) is 10.4. The normalized spacial score (nSPS) is 13.7. The molecular formula is C15H27BO5SSi. The predicted molar refractivity (Wildman–Crippen MR) is 96.3 cm³/mol. The zero-order chi connectivity index (χ0) is 17.8. The molecule has 0 spiro atoms. The molecule has 0 saturated carbocycles. The van der Waals surface area contributed by atoms with Gasteiger partial charge in [-0.2, -0.15) is 0 Å². The maximum Gasteiger partial charge on any atom is 0.499 e. The van der Waals surface area contributed by atoms with Gasteiger partial charge in [-0.15, -0.1) is 11.3 Å². The number of carbonyl (C=O) groups is 1. The van der Waals surface area contributed by atoms with Crippen molar-refractivity contribution in [3.8, 4) is 0 Å².